The van der Waals surface area contributed by atoms with Crippen LogP contribution in [0.1, 0.15) is 141 Å². The van der Waals surface area contributed by atoms with Crippen LogP contribution >= 0.6 is 0 Å². The number of benzene rings is 1. The van der Waals surface area contributed by atoms with Gasteiger partial charge in [0.25, 0.3) is 0 Å². The zero-order chi connectivity index (χ0) is 29.4. The number of allylic oxidation sites excluding steroid dienone is 2. The first-order chi connectivity index (χ1) is 19.2. The van der Waals surface area contributed by atoms with Gasteiger partial charge >= 0.3 is 5.97 Å². The summed E-state index contributed by atoms with van der Waals surface area (Å²) in [5.41, 5.74) is 1.47. The van der Waals surface area contributed by atoms with E-state index >= 15 is 0 Å². The molecule has 0 N–H and O–H groups in total. The van der Waals surface area contributed by atoms with Gasteiger partial charge < -0.3 is 4.74 Å². The van der Waals surface area contributed by atoms with Crippen molar-refractivity contribution in [2.75, 3.05) is 6.61 Å². The summed E-state index contributed by atoms with van der Waals surface area (Å²) < 4.78 is 5.67. The topological polar surface area (TPSA) is 60.4 Å². The molecule has 0 aliphatic heterocycles. The van der Waals surface area contributed by atoms with Crippen molar-refractivity contribution >= 4 is 17.5 Å². The predicted molar refractivity (Wildman–Crippen MR) is 165 cm³/mol. The van der Waals surface area contributed by atoms with E-state index in [9.17, 15) is 14.4 Å². The first kappa shape index (κ1) is 34.0. The van der Waals surface area contributed by atoms with Crippen molar-refractivity contribution in [2.24, 2.45) is 23.2 Å². The maximum absolute atomic E-state index is 13.5. The van der Waals surface area contributed by atoms with Gasteiger partial charge in [-0.2, -0.15) is 0 Å². The van der Waals surface area contributed by atoms with Crippen LogP contribution in [-0.4, -0.2) is 24.1 Å². The standard InChI is InChI=1S/C36H56O4/c1-6-7-8-9-10-11-12-13-14-15-16-20-26-40-35(39)32(34(38)30-23-18-17-19-24-30)29(3)27-31(37)33-28(2)22-21-25-36(33,4)5/h17-19,22-24,29,32-33H,6-16,20-21,25-27H2,1-5H3. The molecule has 3 unspecified atom stereocenters. The molecule has 0 heterocycles. The molecule has 4 heteroatoms. The Balaban J connectivity index is 1.86. The molecule has 0 saturated carbocycles. The third kappa shape index (κ3) is 11.3. The van der Waals surface area contributed by atoms with Crippen molar-refractivity contribution in [1.29, 1.82) is 0 Å². The van der Waals surface area contributed by atoms with Gasteiger partial charge in [0, 0.05) is 17.9 Å². The fourth-order valence-electron chi connectivity index (χ4n) is 6.38. The highest BCUT2D eigenvalue weighted by Crippen LogP contribution is 2.42. The number of unbranched alkanes of at least 4 members (excludes halogenated alkanes) is 11. The Bertz CT molecular complexity index is 929. The molecule has 3 atom stereocenters. The van der Waals surface area contributed by atoms with Gasteiger partial charge in [-0.05, 0) is 37.5 Å². The van der Waals surface area contributed by atoms with Crippen molar-refractivity contribution in [3.05, 3.63) is 47.5 Å². The molecule has 1 aromatic rings. The minimum Gasteiger partial charge on any atom is -0.465 e. The van der Waals surface area contributed by atoms with E-state index in [1.54, 1.807) is 24.3 Å². The molecule has 1 aliphatic rings. The highest BCUT2D eigenvalue weighted by molar-refractivity contribution is 6.09. The Hall–Kier alpha value is -2.23. The van der Waals surface area contributed by atoms with E-state index in [2.05, 4.69) is 26.8 Å². The van der Waals surface area contributed by atoms with Crippen molar-refractivity contribution in [3.63, 3.8) is 0 Å². The van der Waals surface area contributed by atoms with Crippen LogP contribution in [0.5, 0.6) is 0 Å². The van der Waals surface area contributed by atoms with E-state index in [1.165, 1.54) is 57.8 Å². The van der Waals surface area contributed by atoms with Crippen molar-refractivity contribution in [3.8, 4) is 0 Å². The van der Waals surface area contributed by atoms with Crippen LogP contribution in [-0.2, 0) is 14.3 Å². The van der Waals surface area contributed by atoms with Gasteiger partial charge in [0.15, 0.2) is 5.78 Å². The summed E-state index contributed by atoms with van der Waals surface area (Å²) in [5.74, 6) is -2.21. The Morgan fingerprint density at radius 3 is 1.98 bits per heavy atom. The molecule has 0 aromatic heterocycles. The van der Waals surface area contributed by atoms with E-state index in [0.29, 0.717) is 12.2 Å². The van der Waals surface area contributed by atoms with E-state index in [1.807, 2.05) is 19.9 Å². The molecule has 0 fully saturated rings. The fourth-order valence-corrected chi connectivity index (χ4v) is 6.38. The Kier molecular flexibility index (Phi) is 15.5. The van der Waals surface area contributed by atoms with Gasteiger partial charge in [-0.3, -0.25) is 14.4 Å². The van der Waals surface area contributed by atoms with Crippen LogP contribution in [0.3, 0.4) is 0 Å². The third-order valence-electron chi connectivity index (χ3n) is 8.74. The lowest BCUT2D eigenvalue weighted by molar-refractivity contribution is -0.148. The van der Waals surface area contributed by atoms with Gasteiger partial charge in [-0.1, -0.05) is 140 Å². The van der Waals surface area contributed by atoms with Crippen molar-refractivity contribution in [2.45, 2.75) is 131 Å². The quantitative estimate of drug-likeness (QED) is 0.0531. The second kappa shape index (κ2) is 18.3. The lowest BCUT2D eigenvalue weighted by Gasteiger charge is -2.38. The summed E-state index contributed by atoms with van der Waals surface area (Å²) in [7, 11) is 0. The second-order valence-corrected chi connectivity index (χ2v) is 12.8. The van der Waals surface area contributed by atoms with Gasteiger partial charge in [0.1, 0.15) is 11.7 Å². The normalized spacial score (nSPS) is 18.0. The minimum atomic E-state index is -0.973. The molecular formula is C36H56O4. The average molecular weight is 553 g/mol. The first-order valence-electron chi connectivity index (χ1n) is 16.1. The average Bonchev–Trinajstić information content (AvgIpc) is 2.91. The molecule has 0 bridgehead atoms. The summed E-state index contributed by atoms with van der Waals surface area (Å²) in [5, 5.41) is 0. The van der Waals surface area contributed by atoms with Gasteiger partial charge in [-0.25, -0.2) is 0 Å². The largest absolute Gasteiger partial charge is 0.465 e. The van der Waals surface area contributed by atoms with Crippen molar-refractivity contribution in [1.82, 2.24) is 0 Å². The van der Waals surface area contributed by atoms with Crippen molar-refractivity contribution < 1.29 is 19.1 Å². The van der Waals surface area contributed by atoms with Crippen LogP contribution in [0.2, 0.25) is 0 Å². The molecule has 0 saturated heterocycles. The number of carbonyl (C=O) groups excluding carboxylic acids is 3. The number of hydrogen-bond acceptors (Lipinski definition) is 4. The molecule has 40 heavy (non-hydrogen) atoms. The highest BCUT2D eigenvalue weighted by Gasteiger charge is 2.41. The SMILES string of the molecule is CCCCCCCCCCCCCCOC(=O)C(C(=O)c1ccccc1)C(C)CC(=O)C1C(C)=CCCC1(C)C. The molecule has 0 radical (unpaired) electrons. The van der Waals surface area contributed by atoms with Crippen LogP contribution < -0.4 is 0 Å². The number of ketones is 2. The van der Waals surface area contributed by atoms with E-state index in [0.717, 1.165) is 37.7 Å². The van der Waals surface area contributed by atoms with Crippen LogP contribution in [0.4, 0.5) is 0 Å². The minimum absolute atomic E-state index is 0.116. The number of ether oxygens (including phenoxy) is 1. The maximum atomic E-state index is 13.5. The number of esters is 1. The summed E-state index contributed by atoms with van der Waals surface area (Å²) >= 11 is 0. The molecular weight excluding hydrogens is 496 g/mol. The molecule has 224 valence electrons. The zero-order valence-corrected chi connectivity index (χ0v) is 26.1. The summed E-state index contributed by atoms with van der Waals surface area (Å²) in [6.07, 6.45) is 19.2. The van der Waals surface area contributed by atoms with Gasteiger partial charge in [0.2, 0.25) is 0 Å². The highest BCUT2D eigenvalue weighted by atomic mass is 16.5. The smallest absolute Gasteiger partial charge is 0.317 e. The molecule has 2 rings (SSSR count). The number of rotatable bonds is 20. The summed E-state index contributed by atoms with van der Waals surface area (Å²) in [6, 6.07) is 8.93. The molecule has 1 aromatic carbocycles. The third-order valence-corrected chi connectivity index (χ3v) is 8.74. The Morgan fingerprint density at radius 2 is 1.43 bits per heavy atom. The maximum Gasteiger partial charge on any atom is 0.317 e. The van der Waals surface area contributed by atoms with Gasteiger partial charge in [0.05, 0.1) is 6.61 Å². The summed E-state index contributed by atoms with van der Waals surface area (Å²) in [4.78, 5) is 40.3. The number of hydrogen-bond donors (Lipinski definition) is 0. The Labute approximate surface area is 244 Å². The molecule has 1 aliphatic carbocycles. The first-order valence-corrected chi connectivity index (χ1v) is 16.1. The lowest BCUT2D eigenvalue weighted by Crippen LogP contribution is -2.38. The van der Waals surface area contributed by atoms with Gasteiger partial charge in [-0.15, -0.1) is 0 Å². The van der Waals surface area contributed by atoms with Crippen LogP contribution in [0, 0.1) is 23.2 Å². The lowest BCUT2D eigenvalue weighted by atomic mass is 9.65. The monoisotopic (exact) mass is 552 g/mol. The second-order valence-electron chi connectivity index (χ2n) is 12.8. The zero-order valence-electron chi connectivity index (χ0n) is 26.1. The van der Waals surface area contributed by atoms with E-state index in [-0.39, 0.29) is 29.3 Å². The van der Waals surface area contributed by atoms with E-state index in [4.69, 9.17) is 4.74 Å². The molecule has 0 spiro atoms. The fraction of sp³-hybridized carbons (Fsp3) is 0.694. The van der Waals surface area contributed by atoms with Crippen LogP contribution in [0.25, 0.3) is 0 Å². The predicted octanol–water partition coefficient (Wildman–Crippen LogP) is 9.71. The molecule has 0 amide bonds. The number of Topliss-reactive ketones (excluding diaryl/α,β-unsaturated/α-hetero) is 2. The van der Waals surface area contributed by atoms with Crippen LogP contribution in [0.15, 0.2) is 42.0 Å². The summed E-state index contributed by atoms with van der Waals surface area (Å²) in [6.45, 7) is 10.8. The number of carbonyl (C=O) groups is 3. The Morgan fingerprint density at radius 1 is 0.875 bits per heavy atom. The molecule has 4 nitrogen and oxygen atoms in total. The van der Waals surface area contributed by atoms with E-state index < -0.39 is 17.8 Å².